The van der Waals surface area contributed by atoms with Crippen LogP contribution in [-0.4, -0.2) is 58.2 Å². The van der Waals surface area contributed by atoms with E-state index < -0.39 is 0 Å². The summed E-state index contributed by atoms with van der Waals surface area (Å²) in [6.07, 6.45) is 3.09. The smallest absolute Gasteiger partial charge is 0.257 e. The predicted molar refractivity (Wildman–Crippen MR) is 81.5 cm³/mol. The molecular weight excluding hydrogens is 283 g/mol. The summed E-state index contributed by atoms with van der Waals surface area (Å²) in [5.74, 6) is -0.416. The van der Waals surface area contributed by atoms with Gasteiger partial charge in [-0.15, -0.1) is 0 Å². The molecule has 1 saturated heterocycles. The van der Waals surface area contributed by atoms with Crippen LogP contribution >= 0.6 is 0 Å². The van der Waals surface area contributed by atoms with Crippen LogP contribution in [0.3, 0.4) is 0 Å². The van der Waals surface area contributed by atoms with E-state index in [9.17, 15) is 9.18 Å². The predicted octanol–water partition coefficient (Wildman–Crippen LogP) is 1.79. The van der Waals surface area contributed by atoms with E-state index in [1.54, 1.807) is 24.4 Å². The van der Waals surface area contributed by atoms with Gasteiger partial charge < -0.3 is 9.80 Å². The van der Waals surface area contributed by atoms with Crippen molar-refractivity contribution in [1.29, 1.82) is 0 Å². The summed E-state index contributed by atoms with van der Waals surface area (Å²) in [6.45, 7) is 4.45. The minimum absolute atomic E-state index is 0.0526. The number of nitrogens with zero attached hydrogens (tertiary/aromatic N) is 4. The number of hydrogen-bond acceptors (Lipinski definition) is 3. The van der Waals surface area contributed by atoms with Gasteiger partial charge in [0.2, 0.25) is 0 Å². The summed E-state index contributed by atoms with van der Waals surface area (Å²) < 4.78 is 15.2. The van der Waals surface area contributed by atoms with Gasteiger partial charge in [0.25, 0.3) is 5.91 Å². The first kappa shape index (κ1) is 14.7. The molecule has 1 atom stereocenters. The molecule has 0 aliphatic carbocycles. The maximum atomic E-state index is 13.8. The molecule has 0 saturated carbocycles. The van der Waals surface area contributed by atoms with Crippen molar-refractivity contribution in [3.05, 3.63) is 48.0 Å². The maximum Gasteiger partial charge on any atom is 0.257 e. The largest absolute Gasteiger partial charge is 0.333 e. The Morgan fingerprint density at radius 3 is 2.82 bits per heavy atom. The van der Waals surface area contributed by atoms with Gasteiger partial charge in [0.15, 0.2) is 0 Å². The van der Waals surface area contributed by atoms with Crippen molar-refractivity contribution in [2.75, 3.05) is 26.7 Å². The fraction of sp³-hybridized carbons (Fsp3) is 0.375. The maximum absolute atomic E-state index is 13.8. The lowest BCUT2D eigenvalue weighted by Gasteiger charge is -2.38. The molecule has 1 amide bonds. The minimum atomic E-state index is -0.363. The van der Waals surface area contributed by atoms with Crippen LogP contribution in [0.15, 0.2) is 36.7 Å². The number of amides is 1. The van der Waals surface area contributed by atoms with E-state index in [0.717, 1.165) is 13.1 Å². The second-order valence-corrected chi connectivity index (χ2v) is 5.73. The number of benzene rings is 1. The van der Waals surface area contributed by atoms with E-state index in [1.165, 1.54) is 16.9 Å². The van der Waals surface area contributed by atoms with Crippen LogP contribution in [0, 0.1) is 5.82 Å². The monoisotopic (exact) mass is 302 g/mol. The van der Waals surface area contributed by atoms with Crippen molar-refractivity contribution < 1.29 is 9.18 Å². The van der Waals surface area contributed by atoms with Gasteiger partial charge in [-0.3, -0.25) is 4.79 Å². The molecule has 22 heavy (non-hydrogen) atoms. The molecule has 6 heteroatoms. The van der Waals surface area contributed by atoms with Gasteiger partial charge in [-0.2, -0.15) is 5.10 Å². The van der Waals surface area contributed by atoms with Crippen molar-refractivity contribution in [1.82, 2.24) is 19.6 Å². The third-order valence-electron chi connectivity index (χ3n) is 4.02. The van der Waals surface area contributed by atoms with Gasteiger partial charge in [0, 0.05) is 31.9 Å². The standard InChI is InChI=1S/C16H19FN4O/c1-12-10-19(2)7-8-20(12)16(22)13-9-18-21(11-13)15-6-4-3-5-14(15)17/h3-6,9,11-12H,7-8,10H2,1-2H3/t12-/m1/s1. The summed E-state index contributed by atoms with van der Waals surface area (Å²) in [7, 11) is 2.05. The third-order valence-corrected chi connectivity index (χ3v) is 4.02. The summed E-state index contributed by atoms with van der Waals surface area (Å²) in [5, 5.41) is 4.12. The zero-order valence-corrected chi connectivity index (χ0v) is 12.7. The van der Waals surface area contributed by atoms with Crippen molar-refractivity contribution in [3.63, 3.8) is 0 Å². The van der Waals surface area contributed by atoms with Gasteiger partial charge in [-0.25, -0.2) is 9.07 Å². The lowest BCUT2D eigenvalue weighted by molar-refractivity contribution is 0.0533. The molecule has 1 aromatic carbocycles. The van der Waals surface area contributed by atoms with Crippen LogP contribution < -0.4 is 0 Å². The Morgan fingerprint density at radius 1 is 1.32 bits per heavy atom. The van der Waals surface area contributed by atoms with Crippen molar-refractivity contribution in [3.8, 4) is 5.69 Å². The van der Waals surface area contributed by atoms with Gasteiger partial charge in [0.05, 0.1) is 11.8 Å². The Bertz CT molecular complexity index is 684. The number of rotatable bonds is 2. The Kier molecular flexibility index (Phi) is 3.94. The Hall–Kier alpha value is -2.21. The number of carbonyl (C=O) groups excluding carboxylic acids is 1. The number of aromatic nitrogens is 2. The van der Waals surface area contributed by atoms with Crippen LogP contribution in [0.1, 0.15) is 17.3 Å². The lowest BCUT2D eigenvalue weighted by atomic mass is 10.1. The van der Waals surface area contributed by atoms with Crippen LogP contribution in [0.2, 0.25) is 0 Å². The van der Waals surface area contributed by atoms with E-state index in [0.29, 0.717) is 17.8 Å². The number of para-hydroxylation sites is 1. The zero-order chi connectivity index (χ0) is 15.7. The van der Waals surface area contributed by atoms with Crippen LogP contribution in [-0.2, 0) is 0 Å². The van der Waals surface area contributed by atoms with Crippen molar-refractivity contribution >= 4 is 5.91 Å². The average molecular weight is 302 g/mol. The molecule has 1 fully saturated rings. The first-order valence-electron chi connectivity index (χ1n) is 7.35. The number of likely N-dealkylation sites (N-methyl/N-ethyl adjacent to an activating group) is 1. The van der Waals surface area contributed by atoms with Crippen molar-refractivity contribution in [2.24, 2.45) is 0 Å². The van der Waals surface area contributed by atoms with E-state index in [2.05, 4.69) is 17.0 Å². The van der Waals surface area contributed by atoms with Gasteiger partial charge in [-0.1, -0.05) is 12.1 Å². The highest BCUT2D eigenvalue weighted by atomic mass is 19.1. The molecule has 0 N–H and O–H groups in total. The highest BCUT2D eigenvalue weighted by molar-refractivity contribution is 5.94. The molecule has 1 aliphatic heterocycles. The molecule has 0 unspecified atom stereocenters. The molecule has 0 radical (unpaired) electrons. The van der Waals surface area contributed by atoms with Crippen LogP contribution in [0.4, 0.5) is 4.39 Å². The summed E-state index contributed by atoms with van der Waals surface area (Å²) >= 11 is 0. The van der Waals surface area contributed by atoms with Crippen molar-refractivity contribution in [2.45, 2.75) is 13.0 Å². The fourth-order valence-corrected chi connectivity index (χ4v) is 2.81. The normalized spacial score (nSPS) is 19.4. The molecule has 116 valence electrons. The minimum Gasteiger partial charge on any atom is -0.333 e. The number of carbonyl (C=O) groups is 1. The summed E-state index contributed by atoms with van der Waals surface area (Å²) in [5.41, 5.74) is 0.827. The van der Waals surface area contributed by atoms with E-state index >= 15 is 0 Å². The molecule has 1 aliphatic rings. The first-order valence-corrected chi connectivity index (χ1v) is 7.35. The molecule has 0 spiro atoms. The molecule has 0 bridgehead atoms. The van der Waals surface area contributed by atoms with Gasteiger partial charge >= 0.3 is 0 Å². The summed E-state index contributed by atoms with van der Waals surface area (Å²) in [6, 6.07) is 6.53. The molecule has 3 rings (SSSR count). The Balaban J connectivity index is 1.82. The molecule has 2 heterocycles. The SMILES string of the molecule is C[C@@H]1CN(C)CCN1C(=O)c1cnn(-c2ccccc2F)c1. The molecule has 1 aromatic heterocycles. The third kappa shape index (κ3) is 2.74. The fourth-order valence-electron chi connectivity index (χ4n) is 2.81. The number of hydrogen-bond donors (Lipinski definition) is 0. The number of halogens is 1. The second kappa shape index (κ2) is 5.88. The zero-order valence-electron chi connectivity index (χ0n) is 12.7. The second-order valence-electron chi connectivity index (χ2n) is 5.73. The average Bonchev–Trinajstić information content (AvgIpc) is 2.97. The van der Waals surface area contributed by atoms with E-state index in [1.807, 2.05) is 11.8 Å². The van der Waals surface area contributed by atoms with Crippen LogP contribution in [0.25, 0.3) is 5.69 Å². The van der Waals surface area contributed by atoms with Gasteiger partial charge in [0.1, 0.15) is 11.5 Å². The van der Waals surface area contributed by atoms with Crippen LogP contribution in [0.5, 0.6) is 0 Å². The van der Waals surface area contributed by atoms with E-state index in [-0.39, 0.29) is 17.8 Å². The molecular formula is C16H19FN4O. The highest BCUT2D eigenvalue weighted by Gasteiger charge is 2.27. The summed E-state index contributed by atoms with van der Waals surface area (Å²) in [4.78, 5) is 16.7. The Labute approximate surface area is 128 Å². The highest BCUT2D eigenvalue weighted by Crippen LogP contribution is 2.16. The molecule has 2 aromatic rings. The number of piperazine rings is 1. The molecule has 5 nitrogen and oxygen atoms in total. The quantitative estimate of drug-likeness (QED) is 0.849. The van der Waals surface area contributed by atoms with Gasteiger partial charge in [-0.05, 0) is 26.1 Å². The first-order chi connectivity index (χ1) is 10.6. The van der Waals surface area contributed by atoms with E-state index in [4.69, 9.17) is 0 Å². The topological polar surface area (TPSA) is 41.4 Å². The Morgan fingerprint density at radius 2 is 2.09 bits per heavy atom. The lowest BCUT2D eigenvalue weighted by Crippen LogP contribution is -2.52.